The summed E-state index contributed by atoms with van der Waals surface area (Å²) in [6, 6.07) is 16.0. The highest BCUT2D eigenvalue weighted by atomic mass is 14.2. The maximum absolute atomic E-state index is 3.81. The third-order valence-corrected chi connectivity index (χ3v) is 6.56. The standard InChI is InChI=1S/C21H26.C9H14.C4H10/c1-15(2)19-10-6-7-11-21(19)18-12-13-20(16(3)14-18)17-8-4-5-9-17;1-5-6-7-9(4)8(2)3;1-3-4-2/h6-7,10-15,17H,4-5,8-9H2,1-3H3;6-7H,2,4-5H2,1,3H3;3-4H2,1-2H3/b;7-6-;. The molecule has 0 aliphatic heterocycles. The molecular formula is C34H50. The highest BCUT2D eigenvalue weighted by molar-refractivity contribution is 5.69. The van der Waals surface area contributed by atoms with Gasteiger partial charge in [-0.15, -0.1) is 0 Å². The van der Waals surface area contributed by atoms with E-state index < -0.39 is 0 Å². The van der Waals surface area contributed by atoms with Gasteiger partial charge in [-0.2, -0.15) is 0 Å². The molecule has 0 unspecified atom stereocenters. The van der Waals surface area contributed by atoms with Crippen LogP contribution in [0.4, 0.5) is 0 Å². The third kappa shape index (κ3) is 9.88. The summed E-state index contributed by atoms with van der Waals surface area (Å²) in [5.41, 5.74) is 9.34. The molecular weight excluding hydrogens is 408 g/mol. The molecule has 0 aromatic heterocycles. The van der Waals surface area contributed by atoms with Gasteiger partial charge in [-0.25, -0.2) is 0 Å². The second kappa shape index (κ2) is 16.3. The van der Waals surface area contributed by atoms with Gasteiger partial charge < -0.3 is 0 Å². The molecule has 0 bridgehead atoms. The van der Waals surface area contributed by atoms with E-state index in [4.69, 9.17) is 0 Å². The van der Waals surface area contributed by atoms with Crippen molar-refractivity contribution >= 4 is 0 Å². The summed E-state index contributed by atoms with van der Waals surface area (Å²) in [6.45, 7) is 22.8. The molecule has 34 heavy (non-hydrogen) atoms. The van der Waals surface area contributed by atoms with E-state index in [2.05, 4.69) is 103 Å². The molecule has 186 valence electrons. The van der Waals surface area contributed by atoms with Gasteiger partial charge in [0.15, 0.2) is 0 Å². The molecule has 2 aromatic rings. The summed E-state index contributed by atoms with van der Waals surface area (Å²) in [7, 11) is 0. The Hall–Kier alpha value is -2.34. The van der Waals surface area contributed by atoms with Crippen molar-refractivity contribution in [2.45, 2.75) is 105 Å². The van der Waals surface area contributed by atoms with Crippen molar-refractivity contribution in [1.82, 2.24) is 0 Å². The van der Waals surface area contributed by atoms with Gasteiger partial charge in [0, 0.05) is 0 Å². The molecule has 0 atom stereocenters. The molecule has 0 amide bonds. The van der Waals surface area contributed by atoms with Gasteiger partial charge in [-0.05, 0) is 78.3 Å². The molecule has 0 saturated heterocycles. The Labute approximate surface area is 211 Å². The van der Waals surface area contributed by atoms with E-state index in [-0.39, 0.29) is 0 Å². The fraction of sp³-hybridized carbons (Fsp3) is 0.471. The summed E-state index contributed by atoms with van der Waals surface area (Å²) >= 11 is 0. The lowest BCUT2D eigenvalue weighted by molar-refractivity contribution is 0.718. The summed E-state index contributed by atoms with van der Waals surface area (Å²) in [6.07, 6.45) is 13.3. The first-order chi connectivity index (χ1) is 16.3. The second-order valence-corrected chi connectivity index (χ2v) is 9.91. The predicted octanol–water partition coefficient (Wildman–Crippen LogP) is 11.3. The molecule has 1 aliphatic rings. The van der Waals surface area contributed by atoms with E-state index in [0.717, 1.165) is 23.5 Å². The molecule has 3 rings (SSSR count). The van der Waals surface area contributed by atoms with Crippen LogP contribution in [0.1, 0.15) is 115 Å². The second-order valence-electron chi connectivity index (χ2n) is 9.91. The lowest BCUT2D eigenvalue weighted by Gasteiger charge is -2.17. The highest BCUT2D eigenvalue weighted by Crippen LogP contribution is 2.37. The third-order valence-electron chi connectivity index (χ3n) is 6.56. The van der Waals surface area contributed by atoms with Crippen molar-refractivity contribution in [3.8, 4) is 11.1 Å². The first-order valence-electron chi connectivity index (χ1n) is 13.5. The number of rotatable bonds is 7. The predicted molar refractivity (Wildman–Crippen MR) is 156 cm³/mol. The van der Waals surface area contributed by atoms with Crippen molar-refractivity contribution in [3.63, 3.8) is 0 Å². The molecule has 0 N–H and O–H groups in total. The van der Waals surface area contributed by atoms with Crippen LogP contribution >= 0.6 is 0 Å². The maximum Gasteiger partial charge on any atom is -0.0149 e. The first-order valence-corrected chi connectivity index (χ1v) is 13.5. The molecule has 0 heteroatoms. The Bertz CT molecular complexity index is 901. The summed E-state index contributed by atoms with van der Waals surface area (Å²) < 4.78 is 0. The Morgan fingerprint density at radius 1 is 0.971 bits per heavy atom. The van der Waals surface area contributed by atoms with Crippen LogP contribution < -0.4 is 0 Å². The molecule has 1 saturated carbocycles. The highest BCUT2D eigenvalue weighted by Gasteiger charge is 2.19. The SMILES string of the molecule is C=C(C)C(=C)/C=C\CC.CCCC.Cc1cc(-c2ccccc2C(C)C)ccc1C1CCCC1. The summed E-state index contributed by atoms with van der Waals surface area (Å²) in [4.78, 5) is 0. The minimum absolute atomic E-state index is 0.566. The van der Waals surface area contributed by atoms with Crippen LogP contribution in [0, 0.1) is 6.92 Å². The Morgan fingerprint density at radius 2 is 1.59 bits per heavy atom. The van der Waals surface area contributed by atoms with Gasteiger partial charge in [-0.3, -0.25) is 0 Å². The zero-order valence-corrected chi connectivity index (χ0v) is 23.2. The number of unbranched alkanes of at least 4 members (excludes halogenated alkanes) is 1. The number of benzene rings is 2. The van der Waals surface area contributed by atoms with Crippen molar-refractivity contribution in [1.29, 1.82) is 0 Å². The molecule has 0 nitrogen and oxygen atoms in total. The number of aryl methyl sites for hydroxylation is 1. The minimum Gasteiger partial charge on any atom is -0.0955 e. The van der Waals surface area contributed by atoms with Crippen LogP contribution in [0.5, 0.6) is 0 Å². The van der Waals surface area contributed by atoms with Crippen LogP contribution in [-0.4, -0.2) is 0 Å². The molecule has 1 fully saturated rings. The number of hydrogen-bond donors (Lipinski definition) is 0. The van der Waals surface area contributed by atoms with E-state index >= 15 is 0 Å². The first kappa shape index (κ1) is 29.7. The molecule has 1 aliphatic carbocycles. The summed E-state index contributed by atoms with van der Waals surface area (Å²) in [5, 5.41) is 0. The zero-order chi connectivity index (χ0) is 25.5. The van der Waals surface area contributed by atoms with Gasteiger partial charge in [0.2, 0.25) is 0 Å². The topological polar surface area (TPSA) is 0 Å². The van der Waals surface area contributed by atoms with Crippen molar-refractivity contribution in [2.24, 2.45) is 0 Å². The zero-order valence-electron chi connectivity index (χ0n) is 23.2. The summed E-state index contributed by atoms with van der Waals surface area (Å²) in [5.74, 6) is 1.37. The van der Waals surface area contributed by atoms with Crippen molar-refractivity contribution in [2.75, 3.05) is 0 Å². The quantitative estimate of drug-likeness (QED) is 0.362. The molecule has 0 radical (unpaired) electrons. The van der Waals surface area contributed by atoms with Gasteiger partial charge in [0.05, 0.1) is 0 Å². The van der Waals surface area contributed by atoms with E-state index in [1.807, 2.05) is 13.0 Å². The molecule has 2 aromatic carbocycles. The monoisotopic (exact) mass is 458 g/mol. The lowest BCUT2D eigenvalue weighted by Crippen LogP contribution is -1.97. The normalized spacial score (nSPS) is 13.3. The van der Waals surface area contributed by atoms with Gasteiger partial charge >= 0.3 is 0 Å². The van der Waals surface area contributed by atoms with E-state index in [0.29, 0.717) is 5.92 Å². The van der Waals surface area contributed by atoms with Gasteiger partial charge in [0.25, 0.3) is 0 Å². The lowest BCUT2D eigenvalue weighted by atomic mass is 9.88. The van der Waals surface area contributed by atoms with Crippen LogP contribution in [0.15, 0.2) is 78.9 Å². The van der Waals surface area contributed by atoms with Crippen LogP contribution in [0.25, 0.3) is 11.1 Å². The Kier molecular flexibility index (Phi) is 14.2. The smallest absolute Gasteiger partial charge is 0.0149 e. The fourth-order valence-corrected chi connectivity index (χ4v) is 4.20. The molecule has 0 heterocycles. The average Bonchev–Trinajstić information content (AvgIpc) is 3.37. The fourth-order valence-electron chi connectivity index (χ4n) is 4.20. The number of hydrogen-bond acceptors (Lipinski definition) is 0. The van der Waals surface area contributed by atoms with Gasteiger partial charge in [-0.1, -0.05) is 134 Å². The van der Waals surface area contributed by atoms with E-state index in [1.54, 1.807) is 5.56 Å². The van der Waals surface area contributed by atoms with Crippen molar-refractivity contribution < 1.29 is 0 Å². The van der Waals surface area contributed by atoms with Gasteiger partial charge in [0.1, 0.15) is 0 Å². The number of allylic oxidation sites excluding steroid dienone is 4. The Morgan fingerprint density at radius 3 is 2.09 bits per heavy atom. The Balaban J connectivity index is 0.000000372. The van der Waals surface area contributed by atoms with E-state index in [1.165, 1.54) is 60.8 Å². The molecule has 0 spiro atoms. The average molecular weight is 459 g/mol. The maximum atomic E-state index is 3.81. The van der Waals surface area contributed by atoms with Crippen LogP contribution in [0.3, 0.4) is 0 Å². The minimum atomic E-state index is 0.566. The van der Waals surface area contributed by atoms with E-state index in [9.17, 15) is 0 Å². The van der Waals surface area contributed by atoms with Crippen molar-refractivity contribution in [3.05, 3.63) is 95.6 Å². The largest absolute Gasteiger partial charge is 0.0955 e. The van der Waals surface area contributed by atoms with Crippen LogP contribution in [0.2, 0.25) is 0 Å². The van der Waals surface area contributed by atoms with Crippen LogP contribution in [-0.2, 0) is 0 Å².